The number of carbonyl (C=O) groups excluding carboxylic acids is 1. The van der Waals surface area contributed by atoms with Crippen molar-refractivity contribution in [1.29, 1.82) is 0 Å². The van der Waals surface area contributed by atoms with Crippen LogP contribution in [0.2, 0.25) is 0 Å². The Morgan fingerprint density at radius 3 is 1.86 bits per heavy atom. The van der Waals surface area contributed by atoms with Crippen molar-refractivity contribution >= 4 is 5.91 Å². The first kappa shape index (κ1) is 20.8. The second-order valence-corrected chi connectivity index (χ2v) is 7.62. The van der Waals surface area contributed by atoms with Crippen LogP contribution in [0, 0.1) is 13.8 Å². The van der Waals surface area contributed by atoms with E-state index in [0.717, 1.165) is 16.7 Å². The van der Waals surface area contributed by atoms with Gasteiger partial charge in [0.25, 0.3) is 0 Å². The lowest BCUT2D eigenvalue weighted by Crippen LogP contribution is -2.42. The van der Waals surface area contributed by atoms with Gasteiger partial charge < -0.3 is 10.1 Å². The molecule has 0 radical (unpaired) electrons. The monoisotopic (exact) mass is 387 g/mol. The first-order valence-corrected chi connectivity index (χ1v) is 10.0. The highest BCUT2D eigenvalue weighted by molar-refractivity contribution is 5.73. The quantitative estimate of drug-likeness (QED) is 0.580. The van der Waals surface area contributed by atoms with Gasteiger partial charge in [0.05, 0.1) is 19.3 Å². The SMILES string of the molecule is CC(=O)NC(COCc1cc(C)cc(C)c1)C(c1ccccc1)c1ccccc1. The van der Waals surface area contributed by atoms with Gasteiger partial charge in [-0.25, -0.2) is 0 Å². The van der Waals surface area contributed by atoms with E-state index in [1.165, 1.54) is 11.1 Å². The van der Waals surface area contributed by atoms with Crippen molar-refractivity contribution in [2.24, 2.45) is 0 Å². The highest BCUT2D eigenvalue weighted by atomic mass is 16.5. The Morgan fingerprint density at radius 2 is 1.38 bits per heavy atom. The third kappa shape index (κ3) is 6.03. The van der Waals surface area contributed by atoms with Crippen molar-refractivity contribution in [1.82, 2.24) is 5.32 Å². The fraction of sp³-hybridized carbons (Fsp3) is 0.269. The molecule has 1 unspecified atom stereocenters. The van der Waals surface area contributed by atoms with E-state index in [0.29, 0.717) is 13.2 Å². The molecule has 29 heavy (non-hydrogen) atoms. The molecule has 1 amide bonds. The minimum absolute atomic E-state index is 0.0144. The molecule has 1 atom stereocenters. The standard InChI is InChI=1S/C26H29NO2/c1-19-14-20(2)16-22(15-19)17-29-18-25(27-21(3)28)26(23-10-6-4-7-11-23)24-12-8-5-9-13-24/h4-16,25-26H,17-18H2,1-3H3,(H,27,28). The highest BCUT2D eigenvalue weighted by Gasteiger charge is 2.26. The van der Waals surface area contributed by atoms with Crippen LogP contribution in [0.25, 0.3) is 0 Å². The highest BCUT2D eigenvalue weighted by Crippen LogP contribution is 2.28. The summed E-state index contributed by atoms with van der Waals surface area (Å²) in [5.41, 5.74) is 5.93. The normalized spacial score (nSPS) is 12.0. The number of benzene rings is 3. The second kappa shape index (κ2) is 10.0. The zero-order valence-corrected chi connectivity index (χ0v) is 17.4. The van der Waals surface area contributed by atoms with Crippen LogP contribution in [-0.4, -0.2) is 18.6 Å². The molecule has 0 aliphatic carbocycles. The summed E-state index contributed by atoms with van der Waals surface area (Å²) in [6.45, 7) is 6.70. The Morgan fingerprint density at radius 1 is 0.862 bits per heavy atom. The van der Waals surface area contributed by atoms with Gasteiger partial charge in [-0.05, 0) is 30.5 Å². The zero-order chi connectivity index (χ0) is 20.6. The van der Waals surface area contributed by atoms with Crippen molar-refractivity contribution in [3.05, 3.63) is 107 Å². The molecule has 0 saturated carbocycles. The Kier molecular flexibility index (Phi) is 7.20. The van der Waals surface area contributed by atoms with E-state index >= 15 is 0 Å². The van der Waals surface area contributed by atoms with Crippen LogP contribution in [0.15, 0.2) is 78.9 Å². The molecule has 3 aromatic rings. The minimum Gasteiger partial charge on any atom is -0.375 e. The Bertz CT molecular complexity index is 862. The summed E-state index contributed by atoms with van der Waals surface area (Å²) >= 11 is 0. The first-order chi connectivity index (χ1) is 14.0. The summed E-state index contributed by atoms with van der Waals surface area (Å²) < 4.78 is 6.10. The molecule has 3 aromatic carbocycles. The van der Waals surface area contributed by atoms with E-state index in [-0.39, 0.29) is 17.9 Å². The first-order valence-electron chi connectivity index (χ1n) is 10.0. The van der Waals surface area contributed by atoms with Crippen molar-refractivity contribution in [2.45, 2.75) is 39.3 Å². The van der Waals surface area contributed by atoms with Crippen molar-refractivity contribution < 1.29 is 9.53 Å². The number of ether oxygens (including phenoxy) is 1. The molecule has 0 fully saturated rings. The molecule has 0 bridgehead atoms. The average Bonchev–Trinajstić information content (AvgIpc) is 2.68. The van der Waals surface area contributed by atoms with Gasteiger partial charge in [0.2, 0.25) is 5.91 Å². The summed E-state index contributed by atoms with van der Waals surface area (Å²) in [6.07, 6.45) is 0. The Hall–Kier alpha value is -2.91. The van der Waals surface area contributed by atoms with Gasteiger partial charge in [0.15, 0.2) is 0 Å². The maximum absolute atomic E-state index is 12.0. The largest absolute Gasteiger partial charge is 0.375 e. The lowest BCUT2D eigenvalue weighted by molar-refractivity contribution is -0.120. The third-order valence-corrected chi connectivity index (χ3v) is 4.96. The van der Waals surface area contributed by atoms with Crippen LogP contribution in [0.1, 0.15) is 40.7 Å². The topological polar surface area (TPSA) is 38.3 Å². The molecular weight excluding hydrogens is 358 g/mol. The van der Waals surface area contributed by atoms with E-state index in [1.54, 1.807) is 6.92 Å². The fourth-order valence-electron chi connectivity index (χ4n) is 3.92. The lowest BCUT2D eigenvalue weighted by Gasteiger charge is -2.29. The molecule has 150 valence electrons. The minimum atomic E-state index is -0.164. The predicted octanol–water partition coefficient (Wildman–Crippen LogP) is 5.16. The summed E-state index contributed by atoms with van der Waals surface area (Å²) in [7, 11) is 0. The van der Waals surface area contributed by atoms with Crippen molar-refractivity contribution in [3.63, 3.8) is 0 Å². The summed E-state index contributed by atoms with van der Waals surface area (Å²) in [5, 5.41) is 3.12. The van der Waals surface area contributed by atoms with Crippen LogP contribution in [0.4, 0.5) is 0 Å². The molecular formula is C26H29NO2. The zero-order valence-electron chi connectivity index (χ0n) is 17.4. The summed E-state index contributed by atoms with van der Waals surface area (Å²) in [6, 6.07) is 26.9. The van der Waals surface area contributed by atoms with E-state index in [1.807, 2.05) is 36.4 Å². The molecule has 0 saturated heterocycles. The number of hydrogen-bond acceptors (Lipinski definition) is 2. The van der Waals surface area contributed by atoms with Crippen LogP contribution in [-0.2, 0) is 16.1 Å². The molecule has 3 heteroatoms. The van der Waals surface area contributed by atoms with Crippen LogP contribution in [0.5, 0.6) is 0 Å². The van der Waals surface area contributed by atoms with E-state index in [9.17, 15) is 4.79 Å². The number of rotatable bonds is 8. The molecule has 0 aliphatic heterocycles. The van der Waals surface area contributed by atoms with Gasteiger partial charge in [0.1, 0.15) is 0 Å². The average molecular weight is 388 g/mol. The van der Waals surface area contributed by atoms with E-state index < -0.39 is 0 Å². The van der Waals surface area contributed by atoms with Crippen LogP contribution in [0.3, 0.4) is 0 Å². The Labute approximate surface area is 173 Å². The maximum Gasteiger partial charge on any atom is 0.217 e. The third-order valence-electron chi connectivity index (χ3n) is 4.96. The summed E-state index contributed by atoms with van der Waals surface area (Å²) in [4.78, 5) is 12.0. The number of carbonyl (C=O) groups is 1. The van der Waals surface area contributed by atoms with Gasteiger partial charge in [-0.3, -0.25) is 4.79 Å². The molecule has 0 heterocycles. The van der Waals surface area contributed by atoms with Gasteiger partial charge in [-0.2, -0.15) is 0 Å². The maximum atomic E-state index is 12.0. The van der Waals surface area contributed by atoms with Crippen molar-refractivity contribution in [3.8, 4) is 0 Å². The second-order valence-electron chi connectivity index (χ2n) is 7.62. The van der Waals surface area contributed by atoms with Gasteiger partial charge in [0, 0.05) is 12.8 Å². The molecule has 0 aliphatic rings. The fourth-order valence-corrected chi connectivity index (χ4v) is 3.92. The van der Waals surface area contributed by atoms with Gasteiger partial charge >= 0.3 is 0 Å². The molecule has 0 aromatic heterocycles. The number of aryl methyl sites for hydroxylation is 2. The van der Waals surface area contributed by atoms with E-state index in [2.05, 4.69) is 61.6 Å². The Balaban J connectivity index is 1.83. The predicted molar refractivity (Wildman–Crippen MR) is 118 cm³/mol. The van der Waals surface area contributed by atoms with Gasteiger partial charge in [-0.1, -0.05) is 90.0 Å². The molecule has 1 N–H and O–H groups in total. The number of nitrogens with one attached hydrogen (secondary N) is 1. The smallest absolute Gasteiger partial charge is 0.217 e. The van der Waals surface area contributed by atoms with E-state index in [4.69, 9.17) is 4.74 Å². The number of amides is 1. The number of hydrogen-bond donors (Lipinski definition) is 1. The van der Waals surface area contributed by atoms with Gasteiger partial charge in [-0.15, -0.1) is 0 Å². The van der Waals surface area contributed by atoms with Crippen LogP contribution < -0.4 is 5.32 Å². The lowest BCUT2D eigenvalue weighted by atomic mass is 9.85. The van der Waals surface area contributed by atoms with Crippen LogP contribution >= 0.6 is 0 Å². The molecule has 3 nitrogen and oxygen atoms in total. The summed E-state index contributed by atoms with van der Waals surface area (Å²) in [5.74, 6) is -0.0394. The molecule has 3 rings (SSSR count). The molecule has 0 spiro atoms. The van der Waals surface area contributed by atoms with Crippen molar-refractivity contribution in [2.75, 3.05) is 6.61 Å².